The molecule has 2 aliphatic rings. The normalized spacial score (nSPS) is 33.5. The molecule has 2 heterocycles. The van der Waals surface area contributed by atoms with Crippen molar-refractivity contribution in [1.82, 2.24) is 9.80 Å². The Morgan fingerprint density at radius 1 is 1.11 bits per heavy atom. The van der Waals surface area contributed by atoms with E-state index in [1.54, 1.807) is 0 Å². The summed E-state index contributed by atoms with van der Waals surface area (Å²) >= 11 is 0. The molecule has 106 valence electrons. The smallest absolute Gasteiger partial charge is 0.0244 e. The van der Waals surface area contributed by atoms with Crippen LogP contribution in [0.3, 0.4) is 0 Å². The van der Waals surface area contributed by atoms with E-state index in [1.165, 1.54) is 64.6 Å². The third kappa shape index (κ3) is 3.69. The van der Waals surface area contributed by atoms with E-state index < -0.39 is 0 Å². The predicted molar refractivity (Wildman–Crippen MR) is 77.7 cm³/mol. The van der Waals surface area contributed by atoms with Crippen LogP contribution in [0, 0.1) is 0 Å². The zero-order valence-corrected chi connectivity index (χ0v) is 12.3. The Morgan fingerprint density at radius 2 is 1.83 bits per heavy atom. The maximum absolute atomic E-state index is 6.14. The highest BCUT2D eigenvalue weighted by Crippen LogP contribution is 2.22. The standard InChI is InChI=1S/C15H31N3/c1-13(16)15-8-4-6-11-18(15)12-9-14-7-3-5-10-17(14)2/h13-15H,3-12,16H2,1-2H3. The monoisotopic (exact) mass is 253 g/mol. The molecule has 0 spiro atoms. The maximum Gasteiger partial charge on any atom is 0.0244 e. The van der Waals surface area contributed by atoms with Crippen LogP contribution in [0.1, 0.15) is 51.9 Å². The molecule has 3 atom stereocenters. The fraction of sp³-hybridized carbons (Fsp3) is 1.00. The first-order valence-corrected chi connectivity index (χ1v) is 7.88. The summed E-state index contributed by atoms with van der Waals surface area (Å²) in [5.74, 6) is 0. The lowest BCUT2D eigenvalue weighted by molar-refractivity contribution is 0.102. The molecule has 2 N–H and O–H groups in total. The summed E-state index contributed by atoms with van der Waals surface area (Å²) in [4.78, 5) is 5.23. The van der Waals surface area contributed by atoms with Crippen LogP contribution in [-0.2, 0) is 0 Å². The average Bonchev–Trinajstić information content (AvgIpc) is 2.38. The zero-order chi connectivity index (χ0) is 13.0. The molecule has 0 aromatic heterocycles. The second-order valence-electron chi connectivity index (χ2n) is 6.38. The van der Waals surface area contributed by atoms with E-state index in [4.69, 9.17) is 5.73 Å². The summed E-state index contributed by atoms with van der Waals surface area (Å²) in [6.45, 7) is 5.99. The largest absolute Gasteiger partial charge is 0.327 e. The molecular formula is C15H31N3. The van der Waals surface area contributed by atoms with Crippen molar-refractivity contribution in [2.75, 3.05) is 26.7 Å². The quantitative estimate of drug-likeness (QED) is 0.832. The van der Waals surface area contributed by atoms with Crippen LogP contribution in [0.15, 0.2) is 0 Å². The second-order valence-corrected chi connectivity index (χ2v) is 6.38. The molecule has 2 aliphatic heterocycles. The Morgan fingerprint density at radius 3 is 2.56 bits per heavy atom. The summed E-state index contributed by atoms with van der Waals surface area (Å²) in [5.41, 5.74) is 6.14. The number of likely N-dealkylation sites (tertiary alicyclic amines) is 2. The van der Waals surface area contributed by atoms with Gasteiger partial charge < -0.3 is 10.6 Å². The van der Waals surface area contributed by atoms with Gasteiger partial charge in [-0.15, -0.1) is 0 Å². The zero-order valence-electron chi connectivity index (χ0n) is 12.3. The summed E-state index contributed by atoms with van der Waals surface area (Å²) in [5, 5.41) is 0. The van der Waals surface area contributed by atoms with Crippen LogP contribution in [-0.4, -0.2) is 54.6 Å². The van der Waals surface area contributed by atoms with Crippen LogP contribution < -0.4 is 5.73 Å². The van der Waals surface area contributed by atoms with E-state index in [-0.39, 0.29) is 0 Å². The predicted octanol–water partition coefficient (Wildman–Crippen LogP) is 2.06. The van der Waals surface area contributed by atoms with Crippen LogP contribution >= 0.6 is 0 Å². The van der Waals surface area contributed by atoms with E-state index in [9.17, 15) is 0 Å². The van der Waals surface area contributed by atoms with Crippen LogP contribution in [0.2, 0.25) is 0 Å². The summed E-state index contributed by atoms with van der Waals surface area (Å²) < 4.78 is 0. The minimum absolute atomic E-state index is 0.328. The highest BCUT2D eigenvalue weighted by atomic mass is 15.2. The van der Waals surface area contributed by atoms with Gasteiger partial charge in [0.1, 0.15) is 0 Å². The van der Waals surface area contributed by atoms with E-state index in [0.717, 1.165) is 6.04 Å². The lowest BCUT2D eigenvalue weighted by Crippen LogP contribution is -2.50. The van der Waals surface area contributed by atoms with E-state index >= 15 is 0 Å². The Labute approximate surface area is 113 Å². The molecule has 0 bridgehead atoms. The highest BCUT2D eigenvalue weighted by molar-refractivity contribution is 4.84. The Hall–Kier alpha value is -0.120. The van der Waals surface area contributed by atoms with Crippen LogP contribution in [0.25, 0.3) is 0 Å². The number of rotatable bonds is 4. The number of piperidine rings is 2. The molecule has 2 fully saturated rings. The van der Waals surface area contributed by atoms with Crippen molar-refractivity contribution in [2.24, 2.45) is 5.73 Å². The van der Waals surface area contributed by atoms with Gasteiger partial charge in [0.25, 0.3) is 0 Å². The van der Waals surface area contributed by atoms with Gasteiger partial charge in [-0.25, -0.2) is 0 Å². The third-order valence-electron chi connectivity index (χ3n) is 4.94. The van der Waals surface area contributed by atoms with Gasteiger partial charge in [0.05, 0.1) is 0 Å². The summed E-state index contributed by atoms with van der Waals surface area (Å²) in [6, 6.07) is 1.77. The maximum atomic E-state index is 6.14. The number of nitrogens with two attached hydrogens (primary N) is 1. The Bertz CT molecular complexity index is 242. The molecule has 3 heteroatoms. The minimum Gasteiger partial charge on any atom is -0.327 e. The molecular weight excluding hydrogens is 222 g/mol. The van der Waals surface area contributed by atoms with Gasteiger partial charge in [-0.3, -0.25) is 4.90 Å². The Balaban J connectivity index is 1.80. The molecule has 0 saturated carbocycles. The topological polar surface area (TPSA) is 32.5 Å². The number of hydrogen-bond donors (Lipinski definition) is 1. The van der Waals surface area contributed by atoms with Gasteiger partial charge in [-0.05, 0) is 65.7 Å². The van der Waals surface area contributed by atoms with E-state index in [2.05, 4.69) is 23.8 Å². The summed E-state index contributed by atoms with van der Waals surface area (Å²) in [7, 11) is 2.29. The molecule has 18 heavy (non-hydrogen) atoms. The van der Waals surface area contributed by atoms with Gasteiger partial charge in [0.2, 0.25) is 0 Å². The fourth-order valence-corrected chi connectivity index (χ4v) is 3.71. The van der Waals surface area contributed by atoms with Gasteiger partial charge in [0.15, 0.2) is 0 Å². The van der Waals surface area contributed by atoms with Crippen molar-refractivity contribution in [3.8, 4) is 0 Å². The number of hydrogen-bond acceptors (Lipinski definition) is 3. The van der Waals surface area contributed by atoms with Gasteiger partial charge in [0, 0.05) is 18.1 Å². The Kier molecular flexibility index (Phi) is 5.46. The van der Waals surface area contributed by atoms with Crippen molar-refractivity contribution >= 4 is 0 Å². The SMILES string of the molecule is CC(N)C1CCCCN1CCC1CCCCN1C. The van der Waals surface area contributed by atoms with Crippen molar-refractivity contribution in [3.05, 3.63) is 0 Å². The molecule has 0 aromatic carbocycles. The lowest BCUT2D eigenvalue weighted by Gasteiger charge is -2.40. The van der Waals surface area contributed by atoms with Crippen LogP contribution in [0.4, 0.5) is 0 Å². The first-order valence-electron chi connectivity index (χ1n) is 7.88. The van der Waals surface area contributed by atoms with Gasteiger partial charge >= 0.3 is 0 Å². The molecule has 2 saturated heterocycles. The molecule has 0 radical (unpaired) electrons. The van der Waals surface area contributed by atoms with Crippen molar-refractivity contribution < 1.29 is 0 Å². The van der Waals surface area contributed by atoms with Gasteiger partial charge in [-0.1, -0.05) is 12.8 Å². The van der Waals surface area contributed by atoms with E-state index in [1.807, 2.05) is 0 Å². The highest BCUT2D eigenvalue weighted by Gasteiger charge is 2.26. The fourth-order valence-electron chi connectivity index (χ4n) is 3.71. The van der Waals surface area contributed by atoms with Crippen LogP contribution in [0.5, 0.6) is 0 Å². The molecule has 0 aromatic rings. The first-order chi connectivity index (χ1) is 8.68. The summed E-state index contributed by atoms with van der Waals surface area (Å²) in [6.07, 6.45) is 9.58. The second kappa shape index (κ2) is 6.88. The third-order valence-corrected chi connectivity index (χ3v) is 4.94. The van der Waals surface area contributed by atoms with Crippen molar-refractivity contribution in [2.45, 2.75) is 70.0 Å². The molecule has 3 unspecified atom stereocenters. The minimum atomic E-state index is 0.328. The molecule has 3 nitrogen and oxygen atoms in total. The molecule has 0 amide bonds. The molecule has 0 aliphatic carbocycles. The van der Waals surface area contributed by atoms with Crippen molar-refractivity contribution in [3.63, 3.8) is 0 Å². The van der Waals surface area contributed by atoms with E-state index in [0.29, 0.717) is 12.1 Å². The number of nitrogens with zero attached hydrogens (tertiary/aromatic N) is 2. The van der Waals surface area contributed by atoms with Crippen molar-refractivity contribution in [1.29, 1.82) is 0 Å². The lowest BCUT2D eigenvalue weighted by atomic mass is 9.95. The average molecular weight is 253 g/mol. The first kappa shape index (κ1) is 14.3. The molecule has 2 rings (SSSR count). The van der Waals surface area contributed by atoms with Gasteiger partial charge in [-0.2, -0.15) is 0 Å².